The van der Waals surface area contributed by atoms with Crippen molar-refractivity contribution in [3.8, 4) is 5.75 Å². The number of fused-ring (bicyclic) bond motifs is 1. The van der Waals surface area contributed by atoms with Gasteiger partial charge in [-0.05, 0) is 48.4 Å². The van der Waals surface area contributed by atoms with Gasteiger partial charge in [0.25, 0.3) is 0 Å². The van der Waals surface area contributed by atoms with Crippen molar-refractivity contribution < 1.29 is 4.74 Å². The predicted molar refractivity (Wildman–Crippen MR) is 77.5 cm³/mol. The minimum absolute atomic E-state index is 0.334. The number of pyridine rings is 1. The monoisotopic (exact) mass is 257 g/mol. The molecule has 1 aliphatic carbocycles. The number of anilines is 1. The molecule has 1 aromatic heterocycles. The summed E-state index contributed by atoms with van der Waals surface area (Å²) in [5.41, 5.74) is 5.84. The topological polar surface area (TPSA) is 60.2 Å². The van der Waals surface area contributed by atoms with Gasteiger partial charge < -0.3 is 15.8 Å². The highest BCUT2D eigenvalue weighted by Gasteiger charge is 2.30. The van der Waals surface area contributed by atoms with Crippen LogP contribution in [-0.4, -0.2) is 24.7 Å². The summed E-state index contributed by atoms with van der Waals surface area (Å²) < 4.78 is 5.25. The first-order valence-electron chi connectivity index (χ1n) is 6.71. The van der Waals surface area contributed by atoms with E-state index in [1.54, 1.807) is 7.11 Å². The molecule has 1 aliphatic rings. The summed E-state index contributed by atoms with van der Waals surface area (Å²) in [7, 11) is 1.68. The van der Waals surface area contributed by atoms with Crippen LogP contribution in [0.1, 0.15) is 12.8 Å². The molecule has 1 fully saturated rings. The lowest BCUT2D eigenvalue weighted by Crippen LogP contribution is -2.31. The van der Waals surface area contributed by atoms with Crippen molar-refractivity contribution in [1.29, 1.82) is 0 Å². The fraction of sp³-hybridized carbons (Fsp3) is 0.400. The van der Waals surface area contributed by atoms with E-state index in [9.17, 15) is 0 Å². The zero-order chi connectivity index (χ0) is 13.2. The van der Waals surface area contributed by atoms with Gasteiger partial charge in [-0.1, -0.05) is 0 Å². The smallest absolute Gasteiger partial charge is 0.134 e. The molecule has 0 radical (unpaired) electrons. The molecule has 3 rings (SSSR count). The van der Waals surface area contributed by atoms with Gasteiger partial charge in [-0.3, -0.25) is 0 Å². The van der Waals surface area contributed by atoms with Gasteiger partial charge in [-0.15, -0.1) is 0 Å². The van der Waals surface area contributed by atoms with Crippen molar-refractivity contribution in [2.75, 3.05) is 19.0 Å². The SMILES string of the molecule is COc1ccc2c(NC(CN)C3CC3)nccc2c1. The van der Waals surface area contributed by atoms with Gasteiger partial charge in [-0.2, -0.15) is 0 Å². The van der Waals surface area contributed by atoms with Crippen LogP contribution < -0.4 is 15.8 Å². The maximum absolute atomic E-state index is 5.84. The first-order valence-corrected chi connectivity index (χ1v) is 6.71. The third kappa shape index (κ3) is 2.49. The summed E-state index contributed by atoms with van der Waals surface area (Å²) in [6.45, 7) is 0.652. The van der Waals surface area contributed by atoms with Crippen molar-refractivity contribution >= 4 is 16.6 Å². The standard InChI is InChI=1S/C15H19N3O/c1-19-12-4-5-13-11(8-12)6-7-17-15(13)18-14(9-16)10-2-3-10/h4-8,10,14H,2-3,9,16H2,1H3,(H,17,18). The minimum Gasteiger partial charge on any atom is -0.497 e. The van der Waals surface area contributed by atoms with E-state index in [-0.39, 0.29) is 0 Å². The van der Waals surface area contributed by atoms with E-state index in [0.29, 0.717) is 18.5 Å². The summed E-state index contributed by atoms with van der Waals surface area (Å²) in [5, 5.41) is 5.74. The molecule has 1 atom stereocenters. The Morgan fingerprint density at radius 1 is 1.42 bits per heavy atom. The average Bonchev–Trinajstić information content (AvgIpc) is 3.28. The van der Waals surface area contributed by atoms with E-state index < -0.39 is 0 Å². The van der Waals surface area contributed by atoms with Crippen molar-refractivity contribution in [3.05, 3.63) is 30.5 Å². The Bertz CT molecular complexity index is 581. The molecule has 1 unspecified atom stereocenters. The van der Waals surface area contributed by atoms with E-state index in [4.69, 9.17) is 10.5 Å². The quantitative estimate of drug-likeness (QED) is 0.863. The second kappa shape index (κ2) is 5.05. The van der Waals surface area contributed by atoms with Crippen molar-refractivity contribution in [3.63, 3.8) is 0 Å². The third-order valence-electron chi connectivity index (χ3n) is 3.74. The lowest BCUT2D eigenvalue weighted by molar-refractivity contribution is 0.415. The number of nitrogens with zero attached hydrogens (tertiary/aromatic N) is 1. The van der Waals surface area contributed by atoms with E-state index in [1.165, 1.54) is 12.8 Å². The van der Waals surface area contributed by atoms with E-state index in [2.05, 4.69) is 10.3 Å². The highest BCUT2D eigenvalue weighted by molar-refractivity contribution is 5.92. The molecule has 1 heterocycles. The number of methoxy groups -OCH3 is 1. The van der Waals surface area contributed by atoms with E-state index in [0.717, 1.165) is 22.3 Å². The van der Waals surface area contributed by atoms with Gasteiger partial charge in [-0.25, -0.2) is 4.98 Å². The van der Waals surface area contributed by atoms with Gasteiger partial charge in [0.1, 0.15) is 11.6 Å². The van der Waals surface area contributed by atoms with Crippen LogP contribution in [0, 0.1) is 5.92 Å². The third-order valence-corrected chi connectivity index (χ3v) is 3.74. The van der Waals surface area contributed by atoms with E-state index in [1.807, 2.05) is 30.5 Å². The summed E-state index contributed by atoms with van der Waals surface area (Å²) >= 11 is 0. The Kier molecular flexibility index (Phi) is 3.25. The van der Waals surface area contributed by atoms with E-state index >= 15 is 0 Å². The maximum atomic E-state index is 5.84. The van der Waals surface area contributed by atoms with Crippen LogP contribution >= 0.6 is 0 Å². The molecule has 0 bridgehead atoms. The van der Waals surface area contributed by atoms with Gasteiger partial charge in [0.15, 0.2) is 0 Å². The van der Waals surface area contributed by atoms with Gasteiger partial charge in [0.2, 0.25) is 0 Å². The second-order valence-corrected chi connectivity index (χ2v) is 5.07. The molecular weight excluding hydrogens is 238 g/mol. The Morgan fingerprint density at radius 3 is 2.95 bits per heavy atom. The van der Waals surface area contributed by atoms with Gasteiger partial charge in [0, 0.05) is 24.2 Å². The molecule has 1 aromatic carbocycles. The van der Waals surface area contributed by atoms with Crippen LogP contribution in [0.5, 0.6) is 5.75 Å². The Hall–Kier alpha value is -1.81. The Morgan fingerprint density at radius 2 is 2.26 bits per heavy atom. The molecule has 0 saturated heterocycles. The molecule has 4 heteroatoms. The first kappa shape index (κ1) is 12.2. The first-order chi connectivity index (χ1) is 9.31. The van der Waals surface area contributed by atoms with Crippen molar-refractivity contribution in [2.45, 2.75) is 18.9 Å². The second-order valence-electron chi connectivity index (χ2n) is 5.07. The molecule has 0 aliphatic heterocycles. The highest BCUT2D eigenvalue weighted by atomic mass is 16.5. The molecule has 0 amide bonds. The van der Waals surface area contributed by atoms with Crippen LogP contribution in [0.2, 0.25) is 0 Å². The number of benzene rings is 1. The molecule has 3 N–H and O–H groups in total. The zero-order valence-electron chi connectivity index (χ0n) is 11.1. The molecule has 1 saturated carbocycles. The molecule has 19 heavy (non-hydrogen) atoms. The zero-order valence-corrected chi connectivity index (χ0v) is 11.1. The van der Waals surface area contributed by atoms with Crippen LogP contribution in [0.3, 0.4) is 0 Å². The highest BCUT2D eigenvalue weighted by Crippen LogP contribution is 2.34. The largest absolute Gasteiger partial charge is 0.497 e. The molecular formula is C15H19N3O. The maximum Gasteiger partial charge on any atom is 0.134 e. The summed E-state index contributed by atoms with van der Waals surface area (Å²) in [5.74, 6) is 2.49. The number of hydrogen-bond acceptors (Lipinski definition) is 4. The van der Waals surface area contributed by atoms with Crippen LogP contribution in [0.4, 0.5) is 5.82 Å². The number of nitrogens with two attached hydrogens (primary N) is 1. The normalized spacial score (nSPS) is 16.3. The lowest BCUT2D eigenvalue weighted by Gasteiger charge is -2.18. The lowest BCUT2D eigenvalue weighted by atomic mass is 10.1. The molecule has 100 valence electrons. The molecule has 2 aromatic rings. The van der Waals surface area contributed by atoms with Crippen LogP contribution in [0.25, 0.3) is 10.8 Å². The number of ether oxygens (including phenoxy) is 1. The summed E-state index contributed by atoms with van der Waals surface area (Å²) in [4.78, 5) is 4.45. The van der Waals surface area contributed by atoms with Crippen molar-refractivity contribution in [2.24, 2.45) is 11.7 Å². The molecule has 0 spiro atoms. The summed E-state index contributed by atoms with van der Waals surface area (Å²) in [6.07, 6.45) is 4.37. The Labute approximate surface area is 113 Å². The number of nitrogens with one attached hydrogen (secondary N) is 1. The van der Waals surface area contributed by atoms with Crippen molar-refractivity contribution in [1.82, 2.24) is 4.98 Å². The fourth-order valence-corrected chi connectivity index (χ4v) is 2.44. The van der Waals surface area contributed by atoms with Gasteiger partial charge in [0.05, 0.1) is 7.11 Å². The minimum atomic E-state index is 0.334. The van der Waals surface area contributed by atoms with Crippen LogP contribution in [-0.2, 0) is 0 Å². The van der Waals surface area contributed by atoms with Crippen LogP contribution in [0.15, 0.2) is 30.5 Å². The summed E-state index contributed by atoms with van der Waals surface area (Å²) in [6, 6.07) is 8.36. The fourth-order valence-electron chi connectivity index (χ4n) is 2.44. The predicted octanol–water partition coefficient (Wildman–Crippen LogP) is 2.39. The number of rotatable bonds is 5. The Balaban J connectivity index is 1.94. The number of aromatic nitrogens is 1. The molecule has 4 nitrogen and oxygen atoms in total. The van der Waals surface area contributed by atoms with Gasteiger partial charge >= 0.3 is 0 Å². The average molecular weight is 257 g/mol. The number of hydrogen-bond donors (Lipinski definition) is 2.